The van der Waals surface area contributed by atoms with E-state index in [0.29, 0.717) is 12.2 Å². The van der Waals surface area contributed by atoms with Crippen molar-refractivity contribution in [3.05, 3.63) is 35.9 Å². The van der Waals surface area contributed by atoms with Crippen LogP contribution >= 0.6 is 0 Å². The van der Waals surface area contributed by atoms with Gasteiger partial charge in [-0.25, -0.2) is 0 Å². The average Bonchev–Trinajstić information content (AvgIpc) is 2.89. The molecule has 15 heavy (non-hydrogen) atoms. The molecule has 1 aromatic carbocycles. The van der Waals surface area contributed by atoms with E-state index in [9.17, 15) is 0 Å². The Morgan fingerprint density at radius 1 is 1.20 bits per heavy atom. The Morgan fingerprint density at radius 3 is 2.80 bits per heavy atom. The van der Waals surface area contributed by atoms with Crippen molar-refractivity contribution in [1.29, 1.82) is 0 Å². The molecule has 0 aromatic heterocycles. The molecule has 2 heterocycles. The topological polar surface area (TPSA) is 15.8 Å². The number of ether oxygens (including phenoxy) is 1. The van der Waals surface area contributed by atoms with Crippen LogP contribution in [-0.2, 0) is 11.3 Å². The number of piperidine rings is 1. The maximum atomic E-state index is 5.67. The van der Waals surface area contributed by atoms with Crippen molar-refractivity contribution in [1.82, 2.24) is 4.90 Å². The maximum absolute atomic E-state index is 5.67. The third-order valence-electron chi connectivity index (χ3n) is 4.12. The van der Waals surface area contributed by atoms with Gasteiger partial charge in [-0.1, -0.05) is 30.3 Å². The van der Waals surface area contributed by atoms with E-state index in [1.807, 2.05) is 0 Å². The van der Waals surface area contributed by atoms with Crippen molar-refractivity contribution in [2.75, 3.05) is 6.54 Å². The SMILES string of the molecule is c1ccc(CN2C[C@H]3C[C@@H]2C2OC23)cc1. The van der Waals surface area contributed by atoms with Gasteiger partial charge >= 0.3 is 0 Å². The highest BCUT2D eigenvalue weighted by Gasteiger charge is 2.62. The monoisotopic (exact) mass is 201 g/mol. The molecule has 1 aromatic rings. The number of hydrogen-bond donors (Lipinski definition) is 0. The van der Waals surface area contributed by atoms with Crippen LogP contribution in [0.15, 0.2) is 30.3 Å². The Hall–Kier alpha value is -0.860. The van der Waals surface area contributed by atoms with Gasteiger partial charge < -0.3 is 4.74 Å². The third kappa shape index (κ3) is 1.18. The molecule has 0 N–H and O–H groups in total. The van der Waals surface area contributed by atoms with Gasteiger partial charge in [0.25, 0.3) is 0 Å². The van der Waals surface area contributed by atoms with Crippen molar-refractivity contribution < 1.29 is 4.74 Å². The molecule has 1 saturated carbocycles. The van der Waals surface area contributed by atoms with Crippen molar-refractivity contribution in [2.24, 2.45) is 5.92 Å². The number of fused-ring (bicyclic) bond motifs is 5. The minimum Gasteiger partial charge on any atom is -0.368 e. The molecular formula is C13H15NO. The first kappa shape index (κ1) is 8.31. The van der Waals surface area contributed by atoms with Crippen LogP contribution in [-0.4, -0.2) is 29.7 Å². The normalized spacial score (nSPS) is 41.9. The van der Waals surface area contributed by atoms with Crippen LogP contribution in [0.1, 0.15) is 12.0 Å². The number of epoxide rings is 1. The first-order valence-corrected chi connectivity index (χ1v) is 5.85. The second-order valence-electron chi connectivity index (χ2n) is 5.04. The molecule has 2 unspecified atom stereocenters. The van der Waals surface area contributed by atoms with Gasteiger partial charge in [-0.2, -0.15) is 0 Å². The fraction of sp³-hybridized carbons (Fsp3) is 0.538. The van der Waals surface area contributed by atoms with Crippen LogP contribution in [0.4, 0.5) is 0 Å². The second kappa shape index (κ2) is 2.83. The van der Waals surface area contributed by atoms with E-state index in [1.54, 1.807) is 0 Å². The van der Waals surface area contributed by atoms with Gasteiger partial charge in [-0.15, -0.1) is 0 Å². The average molecular weight is 201 g/mol. The van der Waals surface area contributed by atoms with Gasteiger partial charge in [-0.05, 0) is 12.0 Å². The molecule has 3 aliphatic rings. The number of hydrogen-bond acceptors (Lipinski definition) is 2. The van der Waals surface area contributed by atoms with Crippen molar-refractivity contribution in [3.63, 3.8) is 0 Å². The van der Waals surface area contributed by atoms with Gasteiger partial charge in [0.1, 0.15) is 0 Å². The molecule has 4 atom stereocenters. The quantitative estimate of drug-likeness (QED) is 0.676. The molecule has 2 heteroatoms. The Labute approximate surface area is 89.8 Å². The van der Waals surface area contributed by atoms with Crippen LogP contribution in [0.3, 0.4) is 0 Å². The minimum atomic E-state index is 0.590. The Kier molecular flexibility index (Phi) is 1.57. The van der Waals surface area contributed by atoms with Crippen LogP contribution in [0.5, 0.6) is 0 Å². The van der Waals surface area contributed by atoms with Crippen molar-refractivity contribution in [2.45, 2.75) is 31.2 Å². The molecule has 2 nitrogen and oxygen atoms in total. The molecule has 2 bridgehead atoms. The van der Waals surface area contributed by atoms with Gasteiger partial charge in [0.2, 0.25) is 0 Å². The second-order valence-corrected chi connectivity index (χ2v) is 5.04. The molecule has 0 spiro atoms. The Morgan fingerprint density at radius 2 is 2.07 bits per heavy atom. The molecule has 4 rings (SSSR count). The summed E-state index contributed by atoms with van der Waals surface area (Å²) in [4.78, 5) is 2.61. The maximum Gasteiger partial charge on any atom is 0.1000 e. The standard InChI is InChI=1S/C13H15NO/c1-2-4-9(5-3-1)7-14-8-10-6-11(14)13-12(10)15-13/h1-5,10-13H,6-8H2/t10-,11-,12?,13?/m1/s1. The summed E-state index contributed by atoms with van der Waals surface area (Å²) in [6.07, 6.45) is 2.61. The number of nitrogens with zero attached hydrogens (tertiary/aromatic N) is 1. The van der Waals surface area contributed by atoms with Gasteiger partial charge in [-0.3, -0.25) is 4.90 Å². The zero-order valence-corrected chi connectivity index (χ0v) is 8.67. The summed E-state index contributed by atoms with van der Waals surface area (Å²) in [6.45, 7) is 2.36. The molecule has 0 radical (unpaired) electrons. The lowest BCUT2D eigenvalue weighted by atomic mass is 10.1. The predicted molar refractivity (Wildman–Crippen MR) is 57.4 cm³/mol. The lowest BCUT2D eigenvalue weighted by Gasteiger charge is -2.24. The molecule has 0 amide bonds. The largest absolute Gasteiger partial charge is 0.368 e. The zero-order chi connectivity index (χ0) is 9.83. The summed E-state index contributed by atoms with van der Waals surface area (Å²) >= 11 is 0. The highest BCUT2D eigenvalue weighted by atomic mass is 16.6. The lowest BCUT2D eigenvalue weighted by molar-refractivity contribution is 0.202. The lowest BCUT2D eigenvalue weighted by Crippen LogP contribution is -2.36. The Balaban J connectivity index is 1.52. The molecule has 2 aliphatic heterocycles. The van der Waals surface area contributed by atoms with Gasteiger partial charge in [0.15, 0.2) is 0 Å². The van der Waals surface area contributed by atoms with Gasteiger partial charge in [0.05, 0.1) is 12.2 Å². The van der Waals surface area contributed by atoms with E-state index in [-0.39, 0.29) is 0 Å². The molecule has 3 fully saturated rings. The molecule has 78 valence electrons. The summed E-state index contributed by atoms with van der Waals surface area (Å²) in [5.41, 5.74) is 1.43. The van der Waals surface area contributed by atoms with E-state index in [4.69, 9.17) is 4.74 Å². The first-order chi connectivity index (χ1) is 7.42. The number of benzene rings is 1. The van der Waals surface area contributed by atoms with Gasteiger partial charge in [0, 0.05) is 25.0 Å². The fourth-order valence-electron chi connectivity index (χ4n) is 3.38. The zero-order valence-electron chi connectivity index (χ0n) is 8.67. The summed E-state index contributed by atoms with van der Waals surface area (Å²) in [5, 5.41) is 0. The van der Waals surface area contributed by atoms with Crippen molar-refractivity contribution >= 4 is 0 Å². The van der Waals surface area contributed by atoms with E-state index in [0.717, 1.165) is 18.5 Å². The van der Waals surface area contributed by atoms with E-state index in [1.165, 1.54) is 18.5 Å². The molecule has 1 aliphatic carbocycles. The predicted octanol–water partition coefficient (Wildman–Crippen LogP) is 1.66. The van der Waals surface area contributed by atoms with Crippen LogP contribution in [0, 0.1) is 5.92 Å². The number of rotatable bonds is 2. The molecule has 2 saturated heterocycles. The van der Waals surface area contributed by atoms with Crippen LogP contribution < -0.4 is 0 Å². The summed E-state index contributed by atoms with van der Waals surface area (Å²) < 4.78 is 5.67. The highest BCUT2D eigenvalue weighted by Crippen LogP contribution is 2.51. The van der Waals surface area contributed by atoms with E-state index >= 15 is 0 Å². The summed E-state index contributed by atoms with van der Waals surface area (Å²) in [7, 11) is 0. The Bertz CT molecular complexity index is 377. The van der Waals surface area contributed by atoms with Crippen molar-refractivity contribution in [3.8, 4) is 0 Å². The summed E-state index contributed by atoms with van der Waals surface area (Å²) in [6, 6.07) is 11.5. The summed E-state index contributed by atoms with van der Waals surface area (Å²) in [5.74, 6) is 0.837. The van der Waals surface area contributed by atoms with Crippen LogP contribution in [0.25, 0.3) is 0 Å². The minimum absolute atomic E-state index is 0.590. The highest BCUT2D eigenvalue weighted by molar-refractivity contribution is 5.18. The van der Waals surface area contributed by atoms with Crippen LogP contribution in [0.2, 0.25) is 0 Å². The third-order valence-corrected chi connectivity index (χ3v) is 4.12. The molecular weight excluding hydrogens is 186 g/mol. The van der Waals surface area contributed by atoms with E-state index < -0.39 is 0 Å². The first-order valence-electron chi connectivity index (χ1n) is 5.85. The number of likely N-dealkylation sites (tertiary alicyclic amines) is 1. The smallest absolute Gasteiger partial charge is 0.1000 e. The van der Waals surface area contributed by atoms with E-state index in [2.05, 4.69) is 35.2 Å². The fourth-order valence-corrected chi connectivity index (χ4v) is 3.38.